The van der Waals surface area contributed by atoms with Crippen LogP contribution in [0.2, 0.25) is 5.02 Å². The predicted octanol–water partition coefficient (Wildman–Crippen LogP) is 4.98. The minimum Gasteiger partial charge on any atom is -0.360 e. The van der Waals surface area contributed by atoms with Gasteiger partial charge in [0.25, 0.3) is 0 Å². The van der Waals surface area contributed by atoms with Gasteiger partial charge in [0.05, 0.1) is 11.4 Å². The molecule has 30 heavy (non-hydrogen) atoms. The molecule has 0 radical (unpaired) electrons. The number of nitrogens with one attached hydrogen (secondary N) is 1. The third-order valence-corrected chi connectivity index (χ3v) is 6.46. The van der Waals surface area contributed by atoms with Crippen LogP contribution in [-0.2, 0) is 0 Å². The topological polar surface area (TPSA) is 66.8 Å². The van der Waals surface area contributed by atoms with E-state index >= 15 is 0 Å². The van der Waals surface area contributed by atoms with Crippen LogP contribution in [0.15, 0.2) is 59.9 Å². The number of nitrogens with zero attached hydrogens (tertiary/aromatic N) is 4. The van der Waals surface area contributed by atoms with Crippen LogP contribution in [0.5, 0.6) is 0 Å². The molecule has 8 heteroatoms. The molecule has 0 amide bonds. The smallest absolute Gasteiger partial charge is 0.232 e. The van der Waals surface area contributed by atoms with Crippen LogP contribution in [0.3, 0.4) is 0 Å². The van der Waals surface area contributed by atoms with Gasteiger partial charge < -0.3 is 9.88 Å². The molecule has 0 unspecified atom stereocenters. The summed E-state index contributed by atoms with van der Waals surface area (Å²) in [6.45, 7) is 1.91. The van der Waals surface area contributed by atoms with Gasteiger partial charge in [-0.3, -0.25) is 9.36 Å². The number of para-hydroxylation sites is 1. The van der Waals surface area contributed by atoms with Crippen molar-refractivity contribution in [1.29, 1.82) is 0 Å². The van der Waals surface area contributed by atoms with Gasteiger partial charge in [-0.15, -0.1) is 10.2 Å². The quantitative estimate of drug-likeness (QED) is 0.340. The van der Waals surface area contributed by atoms with Crippen LogP contribution in [0.1, 0.15) is 23.2 Å². The Morgan fingerprint density at radius 2 is 1.93 bits per heavy atom. The lowest BCUT2D eigenvalue weighted by Crippen LogP contribution is -2.22. The van der Waals surface area contributed by atoms with Crippen molar-refractivity contribution < 1.29 is 4.79 Å². The number of ketones is 1. The second kappa shape index (κ2) is 8.16. The number of anilines is 1. The van der Waals surface area contributed by atoms with Gasteiger partial charge in [0, 0.05) is 40.8 Å². The van der Waals surface area contributed by atoms with Crippen LogP contribution >= 0.6 is 23.4 Å². The highest BCUT2D eigenvalue weighted by atomic mass is 35.5. The number of carbonyl (C=O) groups excluding carboxylic acids is 1. The molecular formula is C22H20ClN5OS. The number of H-pyrrole nitrogens is 1. The van der Waals surface area contributed by atoms with E-state index in [9.17, 15) is 4.79 Å². The average Bonchev–Trinajstić information content (AvgIpc) is 3.51. The number of aromatic amines is 1. The van der Waals surface area contributed by atoms with Gasteiger partial charge in [-0.1, -0.05) is 47.6 Å². The molecule has 0 bridgehead atoms. The number of thioether (sulfide) groups is 1. The summed E-state index contributed by atoms with van der Waals surface area (Å²) in [5.41, 5.74) is 2.56. The average molecular weight is 438 g/mol. The maximum atomic E-state index is 12.9. The lowest BCUT2D eigenvalue weighted by Gasteiger charge is -2.18. The zero-order chi connectivity index (χ0) is 20.5. The molecule has 1 fully saturated rings. The Bertz CT molecular complexity index is 1210. The van der Waals surface area contributed by atoms with E-state index in [2.05, 4.69) is 20.1 Å². The lowest BCUT2D eigenvalue weighted by atomic mass is 10.1. The zero-order valence-corrected chi connectivity index (χ0v) is 17.8. The summed E-state index contributed by atoms with van der Waals surface area (Å²) in [4.78, 5) is 18.3. The molecule has 0 aliphatic carbocycles. The third-order valence-electron chi connectivity index (χ3n) is 5.29. The number of rotatable bonds is 6. The number of carbonyl (C=O) groups is 1. The number of fused-ring (bicyclic) bond motifs is 1. The van der Waals surface area contributed by atoms with E-state index in [1.54, 1.807) is 6.20 Å². The predicted molar refractivity (Wildman–Crippen MR) is 121 cm³/mol. The summed E-state index contributed by atoms with van der Waals surface area (Å²) in [5, 5.41) is 11.1. The minimum absolute atomic E-state index is 0.0563. The van der Waals surface area contributed by atoms with Crippen molar-refractivity contribution >= 4 is 46.0 Å². The van der Waals surface area contributed by atoms with Crippen molar-refractivity contribution in [2.75, 3.05) is 23.7 Å². The minimum atomic E-state index is 0.0563. The molecule has 5 rings (SSSR count). The standard InChI is InChI=1S/C22H20ClN5OS/c23-15-6-5-7-16(12-15)28-21(27-10-3-4-11-27)25-26-22(28)30-14-20(29)18-13-24-19-9-2-1-8-17(18)19/h1-2,5-9,12-13,24H,3-4,10-11,14H2. The van der Waals surface area contributed by atoms with Gasteiger partial charge in [0.15, 0.2) is 10.9 Å². The molecule has 0 spiro atoms. The molecule has 4 aromatic rings. The fourth-order valence-corrected chi connectivity index (χ4v) is 4.84. The second-order valence-electron chi connectivity index (χ2n) is 7.25. The van der Waals surface area contributed by atoms with Crippen molar-refractivity contribution in [2.45, 2.75) is 18.0 Å². The molecule has 3 heterocycles. The highest BCUT2D eigenvalue weighted by molar-refractivity contribution is 7.99. The Labute approximate surface area is 183 Å². The second-order valence-corrected chi connectivity index (χ2v) is 8.63. The lowest BCUT2D eigenvalue weighted by molar-refractivity contribution is 0.102. The van der Waals surface area contributed by atoms with Gasteiger partial charge in [0.2, 0.25) is 5.95 Å². The summed E-state index contributed by atoms with van der Waals surface area (Å²) in [6, 6.07) is 15.5. The first-order chi connectivity index (χ1) is 14.7. The first kappa shape index (κ1) is 19.2. The first-order valence-electron chi connectivity index (χ1n) is 9.89. The van der Waals surface area contributed by atoms with Gasteiger partial charge in [-0.05, 0) is 37.1 Å². The van der Waals surface area contributed by atoms with Crippen molar-refractivity contribution in [1.82, 2.24) is 19.7 Å². The molecular weight excluding hydrogens is 418 g/mol. The Morgan fingerprint density at radius 1 is 1.10 bits per heavy atom. The van der Waals surface area contributed by atoms with E-state index < -0.39 is 0 Å². The highest BCUT2D eigenvalue weighted by Crippen LogP contribution is 2.30. The molecule has 152 valence electrons. The summed E-state index contributed by atoms with van der Waals surface area (Å²) >= 11 is 7.64. The van der Waals surface area contributed by atoms with E-state index in [0.29, 0.717) is 15.7 Å². The zero-order valence-electron chi connectivity index (χ0n) is 16.2. The Morgan fingerprint density at radius 3 is 2.77 bits per heavy atom. The van der Waals surface area contributed by atoms with Gasteiger partial charge in [-0.2, -0.15) is 0 Å². The highest BCUT2D eigenvalue weighted by Gasteiger charge is 2.23. The van der Waals surface area contributed by atoms with Crippen LogP contribution < -0.4 is 4.90 Å². The molecule has 1 aliphatic rings. The third kappa shape index (κ3) is 3.59. The molecule has 0 atom stereocenters. The Balaban J connectivity index is 1.45. The van der Waals surface area contributed by atoms with Crippen molar-refractivity contribution in [3.05, 3.63) is 65.3 Å². The van der Waals surface area contributed by atoms with Crippen molar-refractivity contribution in [2.24, 2.45) is 0 Å². The Kier molecular flexibility index (Phi) is 5.23. The number of Topliss-reactive ketones (excluding diaryl/α,β-unsaturated/α-hetero) is 1. The largest absolute Gasteiger partial charge is 0.360 e. The van der Waals surface area contributed by atoms with E-state index in [4.69, 9.17) is 11.6 Å². The molecule has 2 aromatic heterocycles. The number of aromatic nitrogens is 4. The summed E-state index contributed by atoms with van der Waals surface area (Å²) in [7, 11) is 0. The fourth-order valence-electron chi connectivity index (χ4n) is 3.83. The van der Waals surface area contributed by atoms with E-state index in [1.807, 2.05) is 53.1 Å². The monoisotopic (exact) mass is 437 g/mol. The van der Waals surface area contributed by atoms with Crippen LogP contribution in [-0.4, -0.2) is 44.4 Å². The van der Waals surface area contributed by atoms with Gasteiger partial charge >= 0.3 is 0 Å². The molecule has 1 aliphatic heterocycles. The van der Waals surface area contributed by atoms with E-state index in [-0.39, 0.29) is 11.5 Å². The van der Waals surface area contributed by atoms with Gasteiger partial charge in [-0.25, -0.2) is 0 Å². The van der Waals surface area contributed by atoms with Crippen LogP contribution in [0.4, 0.5) is 5.95 Å². The molecule has 1 N–H and O–H groups in total. The number of benzene rings is 2. The Hall–Kier alpha value is -2.77. The summed E-state index contributed by atoms with van der Waals surface area (Å²) in [6.07, 6.45) is 4.07. The summed E-state index contributed by atoms with van der Waals surface area (Å²) in [5.74, 6) is 1.14. The van der Waals surface area contributed by atoms with E-state index in [0.717, 1.165) is 48.5 Å². The fraction of sp³-hybridized carbons (Fsp3) is 0.227. The molecule has 2 aromatic carbocycles. The van der Waals surface area contributed by atoms with Crippen LogP contribution in [0, 0.1) is 0 Å². The molecule has 6 nitrogen and oxygen atoms in total. The number of halogens is 1. The maximum absolute atomic E-state index is 12.9. The van der Waals surface area contributed by atoms with E-state index in [1.165, 1.54) is 11.8 Å². The van der Waals surface area contributed by atoms with Crippen molar-refractivity contribution in [3.8, 4) is 5.69 Å². The maximum Gasteiger partial charge on any atom is 0.232 e. The van der Waals surface area contributed by atoms with Gasteiger partial charge in [0.1, 0.15) is 0 Å². The number of hydrogen-bond donors (Lipinski definition) is 1. The van der Waals surface area contributed by atoms with Crippen molar-refractivity contribution in [3.63, 3.8) is 0 Å². The summed E-state index contributed by atoms with van der Waals surface area (Å²) < 4.78 is 2.00. The molecule has 1 saturated heterocycles. The van der Waals surface area contributed by atoms with Crippen LogP contribution in [0.25, 0.3) is 16.6 Å². The SMILES string of the molecule is O=C(CSc1nnc(N2CCCC2)n1-c1cccc(Cl)c1)c1c[nH]c2ccccc12. The normalized spacial score (nSPS) is 14.0. The number of hydrogen-bond acceptors (Lipinski definition) is 5. The molecule has 0 saturated carbocycles. The first-order valence-corrected chi connectivity index (χ1v) is 11.3.